The van der Waals surface area contributed by atoms with Crippen LogP contribution in [-0.2, 0) is 33.2 Å². The van der Waals surface area contributed by atoms with E-state index in [1.54, 1.807) is 6.92 Å². The van der Waals surface area contributed by atoms with Gasteiger partial charge in [0.25, 0.3) is 0 Å². The molecule has 0 bridgehead atoms. The summed E-state index contributed by atoms with van der Waals surface area (Å²) >= 11 is 5.55. The first-order valence-electron chi connectivity index (χ1n) is 14.3. The Kier molecular flexibility index (Phi) is 11.5. The largest absolute Gasteiger partial charge is 0.454 e. The fourth-order valence-corrected chi connectivity index (χ4v) is 7.17. The van der Waals surface area contributed by atoms with E-state index in [0.29, 0.717) is 47.7 Å². The molecule has 0 N–H and O–H groups in total. The third kappa shape index (κ3) is 9.45. The van der Waals surface area contributed by atoms with E-state index in [2.05, 4.69) is 48.1 Å². The molecule has 0 aromatic carbocycles. The highest BCUT2D eigenvalue weighted by atomic mass is 35.5. The van der Waals surface area contributed by atoms with Crippen LogP contribution in [0.1, 0.15) is 87.0 Å². The van der Waals surface area contributed by atoms with Crippen molar-refractivity contribution in [3.63, 3.8) is 0 Å². The Morgan fingerprint density at radius 1 is 0.842 bits per heavy atom. The summed E-state index contributed by atoms with van der Waals surface area (Å²) < 4.78 is 34.3. The Morgan fingerprint density at radius 2 is 1.34 bits per heavy atom. The summed E-state index contributed by atoms with van der Waals surface area (Å²) in [5, 5.41) is 0. The van der Waals surface area contributed by atoms with E-state index in [0.717, 1.165) is 25.2 Å². The average Bonchev–Trinajstić information content (AvgIpc) is 3.35. The van der Waals surface area contributed by atoms with E-state index in [1.807, 2.05) is 0 Å². The highest BCUT2D eigenvalue weighted by Gasteiger charge is 2.50. The number of carbonyl (C=O) groups is 1. The standard InChI is InChI=1S/C20H32O6.C10H19ClO/c1-12(2)19(21)26-16-10-23-17-15(9-22-18(16)17)25-11-24-14-6-13(3)7-20(4,5)8-14;1-8-4-9(12-7-11)6-10(2,3)5-8/h13-18H,1,6-11H2,2-5H3;8-9H,4-7H2,1-3H3/t13?,14?,15-,16+,17-,18-;/m1./s1. The monoisotopic (exact) mass is 558 g/mol. The second-order valence-electron chi connectivity index (χ2n) is 13.7. The summed E-state index contributed by atoms with van der Waals surface area (Å²) in [5.41, 5.74) is 1.13. The van der Waals surface area contributed by atoms with Crippen molar-refractivity contribution in [2.24, 2.45) is 22.7 Å². The highest BCUT2D eigenvalue weighted by molar-refractivity contribution is 6.17. The number of hydrogen-bond donors (Lipinski definition) is 0. The van der Waals surface area contributed by atoms with Crippen LogP contribution in [0.4, 0.5) is 0 Å². The number of rotatable bonds is 8. The summed E-state index contributed by atoms with van der Waals surface area (Å²) in [4.78, 5) is 11.7. The second kappa shape index (κ2) is 13.8. The van der Waals surface area contributed by atoms with Gasteiger partial charge in [-0.25, -0.2) is 4.79 Å². The van der Waals surface area contributed by atoms with Crippen LogP contribution < -0.4 is 0 Å². The molecule has 4 aliphatic rings. The minimum atomic E-state index is -0.412. The summed E-state index contributed by atoms with van der Waals surface area (Å²) in [6.07, 6.45) is 6.56. The molecule has 2 heterocycles. The molecule has 38 heavy (non-hydrogen) atoms. The lowest BCUT2D eigenvalue weighted by molar-refractivity contribution is -0.156. The molecule has 0 radical (unpaired) electrons. The molecule has 2 saturated heterocycles. The van der Waals surface area contributed by atoms with Crippen LogP contribution in [0.3, 0.4) is 0 Å². The molecule has 220 valence electrons. The Hall–Kier alpha value is -0.700. The molecule has 2 saturated carbocycles. The molecule has 4 unspecified atom stereocenters. The first-order chi connectivity index (χ1) is 17.8. The lowest BCUT2D eigenvalue weighted by Gasteiger charge is -2.38. The maximum atomic E-state index is 11.7. The minimum Gasteiger partial charge on any atom is -0.454 e. The van der Waals surface area contributed by atoms with Gasteiger partial charge in [0.05, 0.1) is 25.4 Å². The zero-order valence-corrected chi connectivity index (χ0v) is 25.4. The van der Waals surface area contributed by atoms with Crippen molar-refractivity contribution in [3.05, 3.63) is 12.2 Å². The van der Waals surface area contributed by atoms with Crippen LogP contribution in [0.15, 0.2) is 12.2 Å². The number of alkyl halides is 1. The van der Waals surface area contributed by atoms with Gasteiger partial charge in [0, 0.05) is 5.57 Å². The Balaban J connectivity index is 0.000000279. The molecule has 2 aliphatic carbocycles. The predicted molar refractivity (Wildman–Crippen MR) is 148 cm³/mol. The van der Waals surface area contributed by atoms with E-state index in [4.69, 9.17) is 40.0 Å². The first-order valence-corrected chi connectivity index (χ1v) is 14.8. The Bertz CT molecular complexity index is 785. The minimum absolute atomic E-state index is 0.192. The SMILES string of the molecule is C=C(C)C(=O)O[C@H]1CO[C@H]2[C@@H]1OC[C@H]2OCOC1CC(C)CC(C)(C)C1.CC1CC(OCCl)CC(C)(C)C1. The van der Waals surface area contributed by atoms with E-state index in [1.165, 1.54) is 19.3 Å². The van der Waals surface area contributed by atoms with Crippen LogP contribution >= 0.6 is 11.6 Å². The van der Waals surface area contributed by atoms with Crippen molar-refractivity contribution < 1.29 is 33.2 Å². The van der Waals surface area contributed by atoms with Crippen LogP contribution in [0.5, 0.6) is 0 Å². The zero-order valence-electron chi connectivity index (χ0n) is 24.6. The lowest BCUT2D eigenvalue weighted by Crippen LogP contribution is -2.36. The van der Waals surface area contributed by atoms with Crippen LogP contribution in [0, 0.1) is 22.7 Å². The van der Waals surface area contributed by atoms with Crippen molar-refractivity contribution in [1.29, 1.82) is 0 Å². The molecular weight excluding hydrogens is 508 g/mol. The molecule has 7 nitrogen and oxygen atoms in total. The van der Waals surface area contributed by atoms with Gasteiger partial charge in [-0.05, 0) is 68.1 Å². The van der Waals surface area contributed by atoms with Gasteiger partial charge < -0.3 is 28.4 Å². The topological polar surface area (TPSA) is 72.5 Å². The maximum Gasteiger partial charge on any atom is 0.333 e. The molecule has 0 aromatic heterocycles. The van der Waals surface area contributed by atoms with Gasteiger partial charge in [0.2, 0.25) is 0 Å². The van der Waals surface area contributed by atoms with E-state index >= 15 is 0 Å². The van der Waals surface area contributed by atoms with Crippen LogP contribution in [0.2, 0.25) is 0 Å². The summed E-state index contributed by atoms with van der Waals surface area (Å²) in [6, 6.07) is 0.341. The molecule has 0 aromatic rings. The number of carbonyl (C=O) groups excluding carboxylic acids is 1. The summed E-state index contributed by atoms with van der Waals surface area (Å²) in [7, 11) is 0. The van der Waals surface area contributed by atoms with Gasteiger partial charge in [0.1, 0.15) is 31.2 Å². The third-order valence-electron chi connectivity index (χ3n) is 8.15. The van der Waals surface area contributed by atoms with Crippen molar-refractivity contribution in [2.75, 3.05) is 26.1 Å². The van der Waals surface area contributed by atoms with E-state index in [9.17, 15) is 4.79 Å². The number of fused-ring (bicyclic) bond motifs is 1. The fraction of sp³-hybridized carbons (Fsp3) is 0.900. The second-order valence-corrected chi connectivity index (χ2v) is 13.9. The van der Waals surface area contributed by atoms with Crippen molar-refractivity contribution >= 4 is 17.6 Å². The fourth-order valence-electron chi connectivity index (χ4n) is 6.99. The third-order valence-corrected chi connectivity index (χ3v) is 8.27. The molecule has 4 rings (SSSR count). The molecule has 2 aliphatic heterocycles. The van der Waals surface area contributed by atoms with Crippen molar-refractivity contribution in [3.8, 4) is 0 Å². The van der Waals surface area contributed by atoms with E-state index in [-0.39, 0.29) is 31.2 Å². The quantitative estimate of drug-likeness (QED) is 0.151. The van der Waals surface area contributed by atoms with Crippen LogP contribution in [-0.4, -0.2) is 68.7 Å². The Morgan fingerprint density at radius 3 is 1.84 bits per heavy atom. The molecule has 8 atom stereocenters. The molecule has 0 spiro atoms. The van der Waals surface area contributed by atoms with Gasteiger partial charge in [0.15, 0.2) is 6.10 Å². The van der Waals surface area contributed by atoms with E-state index < -0.39 is 12.1 Å². The number of hydrogen-bond acceptors (Lipinski definition) is 7. The number of ether oxygens (including phenoxy) is 6. The lowest BCUT2D eigenvalue weighted by atomic mass is 9.71. The number of esters is 1. The van der Waals surface area contributed by atoms with Crippen molar-refractivity contribution in [2.45, 2.75) is 124 Å². The van der Waals surface area contributed by atoms with Crippen molar-refractivity contribution in [1.82, 2.24) is 0 Å². The van der Waals surface area contributed by atoms with Gasteiger partial charge in [-0.1, -0.05) is 59.7 Å². The molecule has 0 amide bonds. The van der Waals surface area contributed by atoms with Gasteiger partial charge in [-0.15, -0.1) is 0 Å². The van der Waals surface area contributed by atoms with Crippen LogP contribution in [0.25, 0.3) is 0 Å². The summed E-state index contributed by atoms with van der Waals surface area (Å²) in [5.74, 6) is 1.04. The smallest absolute Gasteiger partial charge is 0.333 e. The predicted octanol–water partition coefficient (Wildman–Crippen LogP) is 6.26. The Labute approximate surface area is 235 Å². The summed E-state index contributed by atoms with van der Waals surface area (Å²) in [6.45, 7) is 20.0. The maximum absolute atomic E-state index is 11.7. The van der Waals surface area contributed by atoms with Gasteiger partial charge in [-0.3, -0.25) is 0 Å². The van der Waals surface area contributed by atoms with Gasteiger partial charge in [-0.2, -0.15) is 0 Å². The molecule has 8 heteroatoms. The number of halogens is 1. The molecular formula is C30H51ClO7. The zero-order chi connectivity index (χ0) is 28.1. The molecule has 4 fully saturated rings. The average molecular weight is 559 g/mol. The first kappa shape index (κ1) is 31.8. The van der Waals surface area contributed by atoms with Gasteiger partial charge >= 0.3 is 5.97 Å². The highest BCUT2D eigenvalue weighted by Crippen LogP contribution is 2.40. The normalized spacial score (nSPS) is 37.6.